The van der Waals surface area contributed by atoms with Gasteiger partial charge in [0.1, 0.15) is 6.33 Å². The Balaban J connectivity index is 2.67. The van der Waals surface area contributed by atoms with Gasteiger partial charge < -0.3 is 4.74 Å². The van der Waals surface area contributed by atoms with Crippen molar-refractivity contribution in [3.63, 3.8) is 0 Å². The molecule has 0 aromatic rings. The van der Waals surface area contributed by atoms with E-state index in [9.17, 15) is 0 Å². The maximum absolute atomic E-state index is 4.95. The second-order valence-electron chi connectivity index (χ2n) is 2.27. The molecule has 0 saturated carbocycles. The van der Waals surface area contributed by atoms with Crippen LogP contribution in [0.25, 0.3) is 11.5 Å². The SMILES string of the molecule is COc1nnc2n(C)ncnc1-2. The van der Waals surface area contributed by atoms with Crippen molar-refractivity contribution in [2.45, 2.75) is 0 Å². The number of aryl methyl sites for hydroxylation is 1. The molecule has 0 amide bonds. The van der Waals surface area contributed by atoms with Crippen LogP contribution in [-0.2, 0) is 7.05 Å². The van der Waals surface area contributed by atoms with Crippen LogP contribution >= 0.6 is 0 Å². The van der Waals surface area contributed by atoms with Crippen LogP contribution in [0.5, 0.6) is 5.88 Å². The molecule has 62 valence electrons. The van der Waals surface area contributed by atoms with Gasteiger partial charge in [-0.1, -0.05) is 0 Å². The second kappa shape index (κ2) is 2.40. The first kappa shape index (κ1) is 6.96. The van der Waals surface area contributed by atoms with Gasteiger partial charge in [-0.3, -0.25) is 0 Å². The molecule has 0 unspecified atom stereocenters. The number of methoxy groups -OCH3 is 1. The fourth-order valence-corrected chi connectivity index (χ4v) is 0.967. The molecule has 0 atom stereocenters. The highest BCUT2D eigenvalue weighted by Crippen LogP contribution is 2.23. The number of hydrogen-bond acceptors (Lipinski definition) is 5. The molecule has 2 heterocycles. The summed E-state index contributed by atoms with van der Waals surface area (Å²) < 4.78 is 6.54. The number of ether oxygens (including phenoxy) is 1. The molecule has 0 fully saturated rings. The predicted octanol–water partition coefficient (Wildman–Crippen LogP) is -0.282. The third kappa shape index (κ3) is 0.810. The third-order valence-electron chi connectivity index (χ3n) is 1.56. The van der Waals surface area contributed by atoms with Gasteiger partial charge in [-0.05, 0) is 0 Å². The van der Waals surface area contributed by atoms with Crippen molar-refractivity contribution >= 4 is 0 Å². The van der Waals surface area contributed by atoms with Gasteiger partial charge in [0, 0.05) is 7.05 Å². The zero-order valence-electron chi connectivity index (χ0n) is 6.72. The van der Waals surface area contributed by atoms with Gasteiger partial charge in [-0.25, -0.2) is 9.67 Å². The van der Waals surface area contributed by atoms with Crippen molar-refractivity contribution in [2.24, 2.45) is 7.05 Å². The van der Waals surface area contributed by atoms with Crippen LogP contribution < -0.4 is 4.74 Å². The maximum Gasteiger partial charge on any atom is 0.263 e. The summed E-state index contributed by atoms with van der Waals surface area (Å²) in [6, 6.07) is 0. The summed E-state index contributed by atoms with van der Waals surface area (Å²) in [6.45, 7) is 0. The fourth-order valence-electron chi connectivity index (χ4n) is 0.967. The standard InChI is InChI=1S/C6H7N5O/c1-11-5-4(7-3-8-11)6(12-2)10-9-5/h3H,1-2H3. The minimum Gasteiger partial charge on any atom is -0.478 e. The Hall–Kier alpha value is -1.72. The van der Waals surface area contributed by atoms with Gasteiger partial charge in [0.2, 0.25) is 5.82 Å². The highest BCUT2D eigenvalue weighted by atomic mass is 16.5. The smallest absolute Gasteiger partial charge is 0.263 e. The molecular formula is C6H7N5O. The third-order valence-corrected chi connectivity index (χ3v) is 1.56. The van der Waals surface area contributed by atoms with E-state index in [4.69, 9.17) is 4.74 Å². The number of rotatable bonds is 1. The van der Waals surface area contributed by atoms with E-state index in [1.807, 2.05) is 0 Å². The van der Waals surface area contributed by atoms with Crippen LogP contribution in [-0.4, -0.2) is 32.1 Å². The number of nitrogens with zero attached hydrogens (tertiary/aromatic N) is 5. The normalized spacial score (nSPS) is 10.5. The fraction of sp³-hybridized carbons (Fsp3) is 0.333. The molecule has 0 spiro atoms. The molecule has 2 aliphatic rings. The molecule has 6 nitrogen and oxygen atoms in total. The topological polar surface area (TPSA) is 65.7 Å². The van der Waals surface area contributed by atoms with E-state index in [1.165, 1.54) is 13.4 Å². The first-order valence-electron chi connectivity index (χ1n) is 3.37. The van der Waals surface area contributed by atoms with Crippen LogP contribution in [0.3, 0.4) is 0 Å². The molecule has 0 bridgehead atoms. The van der Waals surface area contributed by atoms with Crippen molar-refractivity contribution in [3.05, 3.63) is 6.33 Å². The lowest BCUT2D eigenvalue weighted by molar-refractivity contribution is 0.397. The first-order valence-corrected chi connectivity index (χ1v) is 3.37. The molecule has 6 heteroatoms. The summed E-state index contributed by atoms with van der Waals surface area (Å²) in [5.74, 6) is 1.05. The first-order chi connectivity index (χ1) is 5.83. The van der Waals surface area contributed by atoms with Gasteiger partial charge in [0.15, 0.2) is 5.69 Å². The van der Waals surface area contributed by atoms with Gasteiger partial charge in [0.25, 0.3) is 5.88 Å². The summed E-state index contributed by atoms with van der Waals surface area (Å²) in [5.41, 5.74) is 0.634. The lowest BCUT2D eigenvalue weighted by atomic mass is 10.4. The molecule has 2 aliphatic heterocycles. The lowest BCUT2D eigenvalue weighted by Gasteiger charge is -2.00. The average molecular weight is 165 g/mol. The van der Waals surface area contributed by atoms with E-state index in [2.05, 4.69) is 20.3 Å². The van der Waals surface area contributed by atoms with Crippen LogP contribution in [0.15, 0.2) is 6.33 Å². The molecule has 0 aromatic heterocycles. The largest absolute Gasteiger partial charge is 0.478 e. The van der Waals surface area contributed by atoms with Crippen molar-refractivity contribution in [1.29, 1.82) is 0 Å². The predicted molar refractivity (Wildman–Crippen MR) is 39.8 cm³/mol. The highest BCUT2D eigenvalue weighted by molar-refractivity contribution is 5.56. The monoisotopic (exact) mass is 165 g/mol. The molecular weight excluding hydrogens is 158 g/mol. The minimum atomic E-state index is 0.433. The van der Waals surface area contributed by atoms with Gasteiger partial charge in [0.05, 0.1) is 7.11 Å². The van der Waals surface area contributed by atoms with E-state index >= 15 is 0 Å². The Morgan fingerprint density at radius 2 is 2.25 bits per heavy atom. The maximum atomic E-state index is 4.95. The van der Waals surface area contributed by atoms with Crippen LogP contribution in [0.2, 0.25) is 0 Å². The Morgan fingerprint density at radius 1 is 1.42 bits per heavy atom. The quantitative estimate of drug-likeness (QED) is 0.581. The van der Waals surface area contributed by atoms with E-state index in [-0.39, 0.29) is 0 Å². The van der Waals surface area contributed by atoms with Gasteiger partial charge >= 0.3 is 0 Å². The van der Waals surface area contributed by atoms with Crippen molar-refractivity contribution < 1.29 is 4.74 Å². The summed E-state index contributed by atoms with van der Waals surface area (Å²) in [6.07, 6.45) is 1.44. The Bertz CT molecular complexity index is 370. The zero-order chi connectivity index (χ0) is 8.55. The molecule has 0 radical (unpaired) electrons. The highest BCUT2D eigenvalue weighted by Gasteiger charge is 2.17. The molecule has 12 heavy (non-hydrogen) atoms. The van der Waals surface area contributed by atoms with E-state index in [1.54, 1.807) is 11.7 Å². The molecule has 0 aromatic carbocycles. The summed E-state index contributed by atoms with van der Waals surface area (Å²) >= 11 is 0. The molecule has 0 N–H and O–H groups in total. The number of fused-ring (bicyclic) bond motifs is 1. The van der Waals surface area contributed by atoms with Crippen molar-refractivity contribution in [3.8, 4) is 17.4 Å². The summed E-state index contributed by atoms with van der Waals surface area (Å²) in [5, 5.41) is 11.5. The van der Waals surface area contributed by atoms with Crippen LogP contribution in [0, 0.1) is 0 Å². The van der Waals surface area contributed by atoms with Gasteiger partial charge in [-0.15, -0.1) is 10.2 Å². The van der Waals surface area contributed by atoms with E-state index in [0.29, 0.717) is 17.4 Å². The summed E-state index contributed by atoms with van der Waals surface area (Å²) in [7, 11) is 3.31. The van der Waals surface area contributed by atoms with Gasteiger partial charge in [-0.2, -0.15) is 5.10 Å². The number of hydrogen-bond donors (Lipinski definition) is 0. The van der Waals surface area contributed by atoms with Crippen LogP contribution in [0.4, 0.5) is 0 Å². The Morgan fingerprint density at radius 3 is 3.00 bits per heavy atom. The van der Waals surface area contributed by atoms with Crippen LogP contribution in [0.1, 0.15) is 0 Å². The lowest BCUT2D eigenvalue weighted by Crippen LogP contribution is -2.03. The zero-order valence-corrected chi connectivity index (χ0v) is 6.72. The van der Waals surface area contributed by atoms with E-state index in [0.717, 1.165) is 0 Å². The molecule has 2 rings (SSSR count). The Kier molecular flexibility index (Phi) is 1.39. The molecule has 0 saturated heterocycles. The van der Waals surface area contributed by atoms with Crippen molar-refractivity contribution in [2.75, 3.05) is 7.11 Å². The summed E-state index contributed by atoms with van der Waals surface area (Å²) in [4.78, 5) is 3.99. The number of aromatic nitrogens is 5. The minimum absolute atomic E-state index is 0.433. The Labute approximate surface area is 68.5 Å². The average Bonchev–Trinajstić information content (AvgIpc) is 2.49. The molecule has 0 aliphatic carbocycles. The van der Waals surface area contributed by atoms with E-state index < -0.39 is 0 Å². The van der Waals surface area contributed by atoms with Crippen molar-refractivity contribution in [1.82, 2.24) is 25.0 Å². The second-order valence-corrected chi connectivity index (χ2v) is 2.27.